The summed E-state index contributed by atoms with van der Waals surface area (Å²) in [6.45, 7) is -0.341. The Hall–Kier alpha value is -0.380. The van der Waals surface area contributed by atoms with Crippen molar-refractivity contribution in [2.24, 2.45) is 0 Å². The van der Waals surface area contributed by atoms with E-state index in [0.717, 1.165) is 0 Å². The van der Waals surface area contributed by atoms with Crippen molar-refractivity contribution >= 4 is 17.7 Å². The Morgan fingerprint density at radius 1 is 1.33 bits per heavy atom. The summed E-state index contributed by atoms with van der Waals surface area (Å²) in [6.07, 6.45) is 4.56. The Bertz CT molecular complexity index is 359. The molecule has 0 spiro atoms. The minimum absolute atomic E-state index is 0.271. The number of terminal acetylenes is 1. The van der Waals surface area contributed by atoms with Crippen molar-refractivity contribution in [1.82, 2.24) is 0 Å². The van der Waals surface area contributed by atoms with Crippen molar-refractivity contribution in [2.45, 2.75) is 0 Å². The van der Waals surface area contributed by atoms with Crippen molar-refractivity contribution < 1.29 is 26.2 Å². The highest BCUT2D eigenvalue weighted by Gasteiger charge is 2.25. The fourth-order valence-corrected chi connectivity index (χ4v) is 3.33. The molecule has 0 atom stereocenters. The van der Waals surface area contributed by atoms with E-state index in [1.54, 1.807) is 0 Å². The molecule has 0 heterocycles. The van der Waals surface area contributed by atoms with Crippen LogP contribution in [0.15, 0.2) is 0 Å². The van der Waals surface area contributed by atoms with Crippen molar-refractivity contribution in [3.63, 3.8) is 0 Å². The minimum Gasteiger partial charge on any atom is -0.312 e. The third-order valence-electron chi connectivity index (χ3n) is 1.49. The summed E-state index contributed by atoms with van der Waals surface area (Å²) in [4.78, 5) is 0. The van der Waals surface area contributed by atoms with Gasteiger partial charge in [-0.05, 0) is 0 Å². The zero-order chi connectivity index (χ0) is 11.9. The highest BCUT2D eigenvalue weighted by molar-refractivity contribution is 7.87. The maximum Gasteiger partial charge on any atom is 0.331 e. The van der Waals surface area contributed by atoms with Gasteiger partial charge >= 0.3 is 7.60 Å². The average Bonchev–Trinajstić information content (AvgIpc) is 2.23. The summed E-state index contributed by atoms with van der Waals surface area (Å²) in [5.74, 6) is 1.55. The van der Waals surface area contributed by atoms with Crippen LogP contribution in [-0.2, 0) is 27.9 Å². The van der Waals surface area contributed by atoms with Gasteiger partial charge < -0.3 is 9.05 Å². The van der Waals surface area contributed by atoms with E-state index in [9.17, 15) is 13.0 Å². The molecule has 0 rings (SSSR count). The topological polar surface area (TPSA) is 78.9 Å². The first-order valence-electron chi connectivity index (χ1n) is 3.90. The number of hydrogen-bond donors (Lipinski definition) is 0. The van der Waals surface area contributed by atoms with E-state index < -0.39 is 23.5 Å². The zero-order valence-electron chi connectivity index (χ0n) is 8.50. The maximum atomic E-state index is 11.5. The van der Waals surface area contributed by atoms with Gasteiger partial charge in [0.1, 0.15) is 6.61 Å². The third-order valence-corrected chi connectivity index (χ3v) is 4.86. The van der Waals surface area contributed by atoms with Gasteiger partial charge in [-0.1, -0.05) is 5.92 Å². The van der Waals surface area contributed by atoms with Crippen LogP contribution in [0.25, 0.3) is 0 Å². The molecule has 0 aliphatic carbocycles. The van der Waals surface area contributed by atoms with E-state index in [4.69, 9.17) is 6.42 Å². The summed E-state index contributed by atoms with van der Waals surface area (Å²) < 4.78 is 47.2. The van der Waals surface area contributed by atoms with Gasteiger partial charge in [0, 0.05) is 14.2 Å². The van der Waals surface area contributed by atoms with Crippen LogP contribution in [0.2, 0.25) is 0 Å². The van der Waals surface area contributed by atoms with Crippen molar-refractivity contribution in [2.75, 3.05) is 32.7 Å². The molecule has 0 N–H and O–H groups in total. The fourth-order valence-electron chi connectivity index (χ4n) is 0.663. The van der Waals surface area contributed by atoms with Crippen molar-refractivity contribution in [3.05, 3.63) is 0 Å². The first kappa shape index (κ1) is 14.6. The van der Waals surface area contributed by atoms with E-state index >= 15 is 0 Å². The molecular weight excluding hydrogens is 243 g/mol. The molecule has 0 saturated heterocycles. The lowest BCUT2D eigenvalue weighted by Crippen LogP contribution is -2.14. The summed E-state index contributed by atoms with van der Waals surface area (Å²) in [6, 6.07) is 0. The summed E-state index contributed by atoms with van der Waals surface area (Å²) >= 11 is 0. The third kappa shape index (κ3) is 5.92. The van der Waals surface area contributed by atoms with Crippen molar-refractivity contribution in [3.8, 4) is 12.3 Å². The van der Waals surface area contributed by atoms with Gasteiger partial charge in [-0.2, -0.15) is 8.42 Å². The second-order valence-electron chi connectivity index (χ2n) is 2.43. The van der Waals surface area contributed by atoms with Crippen LogP contribution in [0.3, 0.4) is 0 Å². The van der Waals surface area contributed by atoms with Crippen LogP contribution >= 0.6 is 7.60 Å². The molecule has 0 aromatic carbocycles. The molecule has 0 aromatic rings. The molecule has 0 bridgehead atoms. The molecule has 0 unspecified atom stereocenters. The SMILES string of the molecule is C#CCOS(=O)(=O)CCP(=O)(OC)OC. The Labute approximate surface area is 89.6 Å². The van der Waals surface area contributed by atoms with Gasteiger partial charge in [0.25, 0.3) is 10.1 Å². The first-order chi connectivity index (χ1) is 6.89. The van der Waals surface area contributed by atoms with E-state index in [0.29, 0.717) is 0 Å². The van der Waals surface area contributed by atoms with Gasteiger partial charge in [0.05, 0.1) is 11.9 Å². The zero-order valence-corrected chi connectivity index (χ0v) is 10.2. The lowest BCUT2D eigenvalue weighted by atomic mass is 10.8. The average molecular weight is 256 g/mol. The van der Waals surface area contributed by atoms with E-state index in [1.807, 2.05) is 5.92 Å². The highest BCUT2D eigenvalue weighted by atomic mass is 32.2. The van der Waals surface area contributed by atoms with Crippen LogP contribution in [0.1, 0.15) is 0 Å². The molecular formula is C7H13O6PS. The minimum atomic E-state index is -3.77. The Morgan fingerprint density at radius 2 is 1.87 bits per heavy atom. The van der Waals surface area contributed by atoms with Crippen LogP contribution < -0.4 is 0 Å². The molecule has 6 nitrogen and oxygen atoms in total. The standard InChI is InChI=1S/C7H13O6PS/c1-4-5-13-15(9,10)7-6-14(8,11-2)12-3/h1H,5-7H2,2-3H3. The number of hydrogen-bond acceptors (Lipinski definition) is 6. The van der Waals surface area contributed by atoms with Gasteiger partial charge in [-0.25, -0.2) is 0 Å². The molecule has 15 heavy (non-hydrogen) atoms. The molecule has 0 aromatic heterocycles. The predicted molar refractivity (Wildman–Crippen MR) is 55.1 cm³/mol. The highest BCUT2D eigenvalue weighted by Crippen LogP contribution is 2.46. The largest absolute Gasteiger partial charge is 0.331 e. The fraction of sp³-hybridized carbons (Fsp3) is 0.714. The van der Waals surface area contributed by atoms with Gasteiger partial charge in [0.15, 0.2) is 0 Å². The normalized spacial score (nSPS) is 12.3. The van der Waals surface area contributed by atoms with Gasteiger partial charge in [0.2, 0.25) is 0 Å². The van der Waals surface area contributed by atoms with Gasteiger partial charge in [-0.15, -0.1) is 6.42 Å². The predicted octanol–water partition coefficient (Wildman–Crippen LogP) is 0.452. The molecule has 0 amide bonds. The van der Waals surface area contributed by atoms with Crippen LogP contribution in [0.5, 0.6) is 0 Å². The van der Waals surface area contributed by atoms with Crippen molar-refractivity contribution in [1.29, 1.82) is 0 Å². The van der Waals surface area contributed by atoms with Crippen LogP contribution in [0.4, 0.5) is 0 Å². The lowest BCUT2D eigenvalue weighted by molar-refractivity contribution is 0.276. The summed E-state index contributed by atoms with van der Waals surface area (Å²) in [7, 11) is -4.73. The second kappa shape index (κ2) is 6.26. The smallest absolute Gasteiger partial charge is 0.312 e. The van der Waals surface area contributed by atoms with Gasteiger partial charge in [-0.3, -0.25) is 8.75 Å². The molecule has 88 valence electrons. The Kier molecular flexibility index (Phi) is 6.10. The van der Waals surface area contributed by atoms with E-state index in [2.05, 4.69) is 13.2 Å². The summed E-state index contributed by atoms with van der Waals surface area (Å²) in [5, 5.41) is 0. The lowest BCUT2D eigenvalue weighted by Gasteiger charge is -2.12. The van der Waals surface area contributed by atoms with Crippen LogP contribution in [0, 0.1) is 12.3 Å². The Balaban J connectivity index is 4.27. The maximum absolute atomic E-state index is 11.5. The quantitative estimate of drug-likeness (QED) is 0.374. The molecule has 0 aliphatic rings. The summed E-state index contributed by atoms with van der Waals surface area (Å²) in [5.41, 5.74) is 0. The molecule has 0 aliphatic heterocycles. The Morgan fingerprint density at radius 3 is 2.27 bits per heavy atom. The van der Waals surface area contributed by atoms with E-state index in [-0.39, 0.29) is 12.8 Å². The molecule has 0 radical (unpaired) electrons. The second-order valence-corrected chi connectivity index (χ2v) is 6.59. The van der Waals surface area contributed by atoms with E-state index in [1.165, 1.54) is 14.2 Å². The monoisotopic (exact) mass is 256 g/mol. The van der Waals surface area contributed by atoms with Crippen LogP contribution in [-0.4, -0.2) is 41.2 Å². The first-order valence-corrected chi connectivity index (χ1v) is 7.21. The molecule has 0 saturated carbocycles. The molecule has 0 fully saturated rings. The number of rotatable bonds is 7. The molecule has 8 heteroatoms.